The van der Waals surface area contributed by atoms with E-state index in [9.17, 15) is 8.76 Å². The van der Waals surface area contributed by atoms with Crippen LogP contribution in [0.15, 0.2) is 24.3 Å². The topological polar surface area (TPSA) is 65.5 Å². The van der Waals surface area contributed by atoms with Crippen molar-refractivity contribution in [1.29, 1.82) is 0 Å². The van der Waals surface area contributed by atoms with Crippen LogP contribution in [-0.4, -0.2) is 37.2 Å². The highest BCUT2D eigenvalue weighted by atomic mass is 32.2. The zero-order chi connectivity index (χ0) is 16.2. The predicted molar refractivity (Wildman–Crippen MR) is 97.0 cm³/mol. The number of aromatic nitrogens is 1. The van der Waals surface area contributed by atoms with E-state index >= 15 is 0 Å². The quantitative estimate of drug-likeness (QED) is 0.777. The van der Waals surface area contributed by atoms with E-state index in [0.29, 0.717) is 25.0 Å². The lowest BCUT2D eigenvalue weighted by Gasteiger charge is -2.31. The summed E-state index contributed by atoms with van der Waals surface area (Å²) in [5.41, 5.74) is 1.05. The molecule has 0 aliphatic heterocycles. The van der Waals surface area contributed by atoms with E-state index in [1.807, 2.05) is 25.1 Å². The van der Waals surface area contributed by atoms with E-state index in [2.05, 4.69) is 16.4 Å². The normalized spacial score (nSPS) is 23.3. The van der Waals surface area contributed by atoms with Gasteiger partial charge in [0.25, 0.3) is 0 Å². The Labute approximate surface area is 143 Å². The van der Waals surface area contributed by atoms with Gasteiger partial charge in [-0.25, -0.2) is 13.5 Å². The maximum absolute atomic E-state index is 11.2. The Bertz CT molecular complexity index is 635. The van der Waals surface area contributed by atoms with Crippen LogP contribution in [-0.2, 0) is 11.3 Å². The molecule has 1 saturated carbocycles. The summed E-state index contributed by atoms with van der Waals surface area (Å²) in [5, 5.41) is 4.57. The summed E-state index contributed by atoms with van der Waals surface area (Å²) < 4.78 is 23.3. The molecule has 0 amide bonds. The second kappa shape index (κ2) is 7.70. The van der Waals surface area contributed by atoms with Gasteiger partial charge in [-0.15, -0.1) is 0 Å². The standard InChI is InChI=1S/C16H23N3O2S2/c1-2-19(23(20)21)11-12-7-9-13(10-8-12)17-16-18-14-5-3-4-6-15(14)22-16/h3-6,12-13H,2,7-11H2,1H3,(H,17,18)(H,20,21). The lowest BCUT2D eigenvalue weighted by molar-refractivity contribution is 0.272. The zero-order valence-electron chi connectivity index (χ0n) is 13.3. The first-order valence-electron chi connectivity index (χ1n) is 8.13. The van der Waals surface area contributed by atoms with Crippen LogP contribution in [0.1, 0.15) is 32.6 Å². The molecule has 2 aromatic rings. The third kappa shape index (κ3) is 4.29. The Morgan fingerprint density at radius 2 is 2.09 bits per heavy atom. The average Bonchev–Trinajstić information content (AvgIpc) is 2.96. The number of benzene rings is 1. The van der Waals surface area contributed by atoms with Crippen molar-refractivity contribution in [3.8, 4) is 0 Å². The molecule has 1 aliphatic carbocycles. The van der Waals surface area contributed by atoms with Crippen LogP contribution in [0.2, 0.25) is 0 Å². The molecule has 0 bridgehead atoms. The fraction of sp³-hybridized carbons (Fsp3) is 0.562. The van der Waals surface area contributed by atoms with Crippen LogP contribution >= 0.6 is 11.3 Å². The van der Waals surface area contributed by atoms with Gasteiger partial charge in [-0.1, -0.05) is 30.4 Å². The first kappa shape index (κ1) is 16.8. The number of nitrogens with zero attached hydrogens (tertiary/aromatic N) is 2. The van der Waals surface area contributed by atoms with Gasteiger partial charge in [0.15, 0.2) is 5.13 Å². The second-order valence-corrected chi connectivity index (χ2v) is 8.07. The number of hydrogen-bond acceptors (Lipinski definition) is 4. The number of anilines is 1. The molecule has 1 aliphatic rings. The zero-order valence-corrected chi connectivity index (χ0v) is 14.9. The van der Waals surface area contributed by atoms with E-state index in [0.717, 1.165) is 36.3 Å². The number of hydrogen-bond donors (Lipinski definition) is 2. The smallest absolute Gasteiger partial charge is 0.234 e. The highest BCUT2D eigenvalue weighted by Gasteiger charge is 2.24. The molecule has 1 aromatic carbocycles. The van der Waals surface area contributed by atoms with E-state index < -0.39 is 11.3 Å². The maximum atomic E-state index is 11.2. The number of rotatable bonds is 6. The molecule has 1 unspecified atom stereocenters. The molecule has 5 nitrogen and oxygen atoms in total. The van der Waals surface area contributed by atoms with Crippen LogP contribution in [0.4, 0.5) is 5.13 Å². The maximum Gasteiger partial charge on any atom is 0.234 e. The molecule has 126 valence electrons. The summed E-state index contributed by atoms with van der Waals surface area (Å²) in [4.78, 5) is 4.64. The highest BCUT2D eigenvalue weighted by Crippen LogP contribution is 2.30. The molecule has 0 saturated heterocycles. The van der Waals surface area contributed by atoms with Crippen molar-refractivity contribution in [2.45, 2.75) is 38.6 Å². The van der Waals surface area contributed by atoms with Crippen LogP contribution in [0.5, 0.6) is 0 Å². The Hall–Kier alpha value is -1.02. The van der Waals surface area contributed by atoms with Crippen LogP contribution in [0, 0.1) is 5.92 Å². The third-order valence-corrected chi connectivity index (χ3v) is 6.32. The Balaban J connectivity index is 1.52. The van der Waals surface area contributed by atoms with Gasteiger partial charge in [-0.05, 0) is 43.7 Å². The van der Waals surface area contributed by atoms with Crippen LogP contribution < -0.4 is 5.32 Å². The summed E-state index contributed by atoms with van der Waals surface area (Å²) >= 11 is -0.139. The van der Waals surface area contributed by atoms with E-state index in [4.69, 9.17) is 0 Å². The van der Waals surface area contributed by atoms with Gasteiger partial charge < -0.3 is 5.32 Å². The van der Waals surface area contributed by atoms with Crippen molar-refractivity contribution in [1.82, 2.24) is 9.29 Å². The molecular weight excluding hydrogens is 330 g/mol. The van der Waals surface area contributed by atoms with Gasteiger partial charge in [0, 0.05) is 19.1 Å². The van der Waals surface area contributed by atoms with Gasteiger partial charge >= 0.3 is 0 Å². The highest BCUT2D eigenvalue weighted by molar-refractivity contribution is 7.76. The fourth-order valence-electron chi connectivity index (χ4n) is 3.19. The van der Waals surface area contributed by atoms with Gasteiger partial charge in [0.05, 0.1) is 10.2 Å². The first-order valence-corrected chi connectivity index (χ1v) is 10.0. The second-order valence-electron chi connectivity index (χ2n) is 6.06. The van der Waals surface area contributed by atoms with Crippen molar-refractivity contribution in [2.24, 2.45) is 5.92 Å². The van der Waals surface area contributed by atoms with Crippen molar-refractivity contribution < 1.29 is 8.76 Å². The summed E-state index contributed by atoms with van der Waals surface area (Å²) in [6.07, 6.45) is 4.37. The molecule has 1 heterocycles. The van der Waals surface area contributed by atoms with Gasteiger partial charge in [-0.2, -0.15) is 0 Å². The minimum absolute atomic E-state index is 0.460. The Morgan fingerprint density at radius 3 is 2.74 bits per heavy atom. The van der Waals surface area contributed by atoms with Gasteiger partial charge in [-0.3, -0.25) is 4.55 Å². The number of para-hydroxylation sites is 1. The summed E-state index contributed by atoms with van der Waals surface area (Å²) in [5.74, 6) is 0.513. The van der Waals surface area contributed by atoms with Crippen molar-refractivity contribution in [3.05, 3.63) is 24.3 Å². The molecule has 0 radical (unpaired) electrons. The lowest BCUT2D eigenvalue weighted by atomic mass is 9.86. The summed E-state index contributed by atoms with van der Waals surface area (Å²) in [6.45, 7) is 3.26. The Kier molecular flexibility index (Phi) is 5.63. The number of fused-ring (bicyclic) bond motifs is 1. The van der Waals surface area contributed by atoms with Crippen LogP contribution in [0.3, 0.4) is 0 Å². The largest absolute Gasteiger partial charge is 0.359 e. The van der Waals surface area contributed by atoms with E-state index in [1.54, 1.807) is 15.6 Å². The van der Waals surface area contributed by atoms with Gasteiger partial charge in [0.1, 0.15) is 0 Å². The van der Waals surface area contributed by atoms with Crippen molar-refractivity contribution in [3.63, 3.8) is 0 Å². The monoisotopic (exact) mass is 353 g/mol. The molecule has 7 heteroatoms. The number of thiazole rings is 1. The molecule has 1 fully saturated rings. The molecule has 0 spiro atoms. The molecule has 1 aromatic heterocycles. The molecule has 3 rings (SSSR count). The lowest BCUT2D eigenvalue weighted by Crippen LogP contribution is -2.34. The van der Waals surface area contributed by atoms with E-state index in [-0.39, 0.29) is 0 Å². The summed E-state index contributed by atoms with van der Waals surface area (Å²) in [6, 6.07) is 8.66. The van der Waals surface area contributed by atoms with Crippen molar-refractivity contribution in [2.75, 3.05) is 18.4 Å². The fourth-order valence-corrected chi connectivity index (χ4v) is 4.69. The third-order valence-electron chi connectivity index (χ3n) is 4.50. The van der Waals surface area contributed by atoms with Crippen molar-refractivity contribution >= 4 is 38.0 Å². The minimum Gasteiger partial charge on any atom is -0.359 e. The summed E-state index contributed by atoms with van der Waals surface area (Å²) in [7, 11) is 0. The SMILES string of the molecule is CCN(CC1CCC(Nc2nc3ccccc3s2)CC1)S(=O)O. The molecule has 1 atom stereocenters. The Morgan fingerprint density at radius 1 is 1.35 bits per heavy atom. The molecule has 2 N–H and O–H groups in total. The number of nitrogens with one attached hydrogen (secondary N) is 1. The molecule has 23 heavy (non-hydrogen) atoms. The predicted octanol–water partition coefficient (Wildman–Crippen LogP) is 3.73. The van der Waals surface area contributed by atoms with Gasteiger partial charge in [0.2, 0.25) is 11.3 Å². The van der Waals surface area contributed by atoms with Crippen LogP contribution in [0.25, 0.3) is 10.2 Å². The average molecular weight is 354 g/mol. The van der Waals surface area contributed by atoms with E-state index in [1.165, 1.54) is 4.70 Å². The molecular formula is C16H23N3O2S2. The first-order chi connectivity index (χ1) is 11.2. The minimum atomic E-state index is -1.85.